The van der Waals surface area contributed by atoms with E-state index in [1.807, 2.05) is 0 Å². The van der Waals surface area contributed by atoms with Crippen LogP contribution in [0.15, 0.2) is 6.07 Å². The summed E-state index contributed by atoms with van der Waals surface area (Å²) < 4.78 is 5.92. The van der Waals surface area contributed by atoms with Crippen molar-refractivity contribution >= 4 is 27.5 Å². The van der Waals surface area contributed by atoms with Crippen LogP contribution in [-0.4, -0.2) is 23.1 Å². The first-order valence-electron chi connectivity index (χ1n) is 7.41. The average molecular weight is 291 g/mol. The van der Waals surface area contributed by atoms with Gasteiger partial charge in [-0.15, -0.1) is 11.3 Å². The minimum absolute atomic E-state index is 0.683. The van der Waals surface area contributed by atoms with Crippen LogP contribution in [0.25, 0.3) is 10.2 Å². The number of nitrogens with one attached hydrogen (secondary N) is 1. The van der Waals surface area contributed by atoms with Crippen molar-refractivity contribution in [2.45, 2.75) is 39.5 Å². The number of fused-ring (bicyclic) bond motifs is 1. The summed E-state index contributed by atoms with van der Waals surface area (Å²) in [5.74, 6) is 2.30. The third kappa shape index (κ3) is 3.20. The maximum absolute atomic E-state index is 5.92. The lowest BCUT2D eigenvalue weighted by atomic mass is 10.3. The topological polar surface area (TPSA) is 47.0 Å². The van der Waals surface area contributed by atoms with Gasteiger partial charge in [0.05, 0.1) is 12.0 Å². The van der Waals surface area contributed by atoms with Gasteiger partial charge in [-0.2, -0.15) is 4.98 Å². The molecule has 2 aromatic heterocycles. The van der Waals surface area contributed by atoms with Gasteiger partial charge in [-0.05, 0) is 31.7 Å². The van der Waals surface area contributed by atoms with E-state index in [2.05, 4.69) is 35.2 Å². The number of thiophene rings is 1. The molecule has 4 nitrogen and oxygen atoms in total. The molecule has 1 N–H and O–H groups in total. The van der Waals surface area contributed by atoms with Crippen molar-refractivity contribution in [2.24, 2.45) is 5.92 Å². The van der Waals surface area contributed by atoms with Gasteiger partial charge in [0.15, 0.2) is 0 Å². The second kappa shape index (κ2) is 5.95. The Hall–Kier alpha value is -1.36. The number of hydrogen-bond acceptors (Lipinski definition) is 5. The lowest BCUT2D eigenvalue weighted by Gasteiger charge is -2.08. The Morgan fingerprint density at radius 1 is 1.40 bits per heavy atom. The van der Waals surface area contributed by atoms with Crippen LogP contribution in [-0.2, 0) is 0 Å². The minimum atomic E-state index is 0.683. The van der Waals surface area contributed by atoms with E-state index in [0.29, 0.717) is 5.95 Å². The van der Waals surface area contributed by atoms with Crippen LogP contribution in [0.4, 0.5) is 5.95 Å². The van der Waals surface area contributed by atoms with Crippen LogP contribution in [0.3, 0.4) is 0 Å². The van der Waals surface area contributed by atoms with Crippen molar-refractivity contribution in [2.75, 3.05) is 18.5 Å². The zero-order chi connectivity index (χ0) is 13.9. The van der Waals surface area contributed by atoms with E-state index in [9.17, 15) is 0 Å². The number of anilines is 1. The summed E-state index contributed by atoms with van der Waals surface area (Å²) in [7, 11) is 0. The van der Waals surface area contributed by atoms with Crippen molar-refractivity contribution in [3.8, 4) is 5.88 Å². The van der Waals surface area contributed by atoms with E-state index in [4.69, 9.17) is 4.74 Å². The van der Waals surface area contributed by atoms with Crippen molar-refractivity contribution < 1.29 is 4.74 Å². The van der Waals surface area contributed by atoms with E-state index in [1.54, 1.807) is 11.3 Å². The quantitative estimate of drug-likeness (QED) is 0.837. The highest BCUT2D eigenvalue weighted by Gasteiger charge is 2.21. The fourth-order valence-corrected chi connectivity index (χ4v) is 3.04. The summed E-state index contributed by atoms with van der Waals surface area (Å²) in [6, 6.07) is 2.12. The number of aromatic nitrogens is 2. The Morgan fingerprint density at radius 3 is 3.00 bits per heavy atom. The molecular formula is C15H21N3OS. The molecule has 0 bridgehead atoms. The molecule has 5 heteroatoms. The Bertz CT molecular complexity index is 592. The third-order valence-corrected chi connectivity index (χ3v) is 4.42. The van der Waals surface area contributed by atoms with Crippen LogP contribution >= 0.6 is 11.3 Å². The summed E-state index contributed by atoms with van der Waals surface area (Å²) in [5, 5.41) is 4.30. The Balaban J connectivity index is 1.81. The highest BCUT2D eigenvalue weighted by molar-refractivity contribution is 7.18. The Labute approximate surface area is 123 Å². The Kier molecular flexibility index (Phi) is 4.05. The first-order chi connectivity index (χ1) is 9.76. The monoisotopic (exact) mass is 291 g/mol. The van der Waals surface area contributed by atoms with Crippen LogP contribution < -0.4 is 10.1 Å². The van der Waals surface area contributed by atoms with E-state index < -0.39 is 0 Å². The summed E-state index contributed by atoms with van der Waals surface area (Å²) in [4.78, 5) is 11.4. The molecule has 0 aromatic carbocycles. The maximum atomic E-state index is 5.92. The number of ether oxygens (including phenoxy) is 1. The van der Waals surface area contributed by atoms with E-state index in [0.717, 1.165) is 48.0 Å². The van der Waals surface area contributed by atoms with Gasteiger partial charge >= 0.3 is 0 Å². The van der Waals surface area contributed by atoms with Gasteiger partial charge in [-0.1, -0.05) is 19.8 Å². The highest BCUT2D eigenvalue weighted by atomic mass is 32.1. The minimum Gasteiger partial charge on any atom is -0.477 e. The zero-order valence-electron chi connectivity index (χ0n) is 12.1. The molecule has 0 aliphatic heterocycles. The Morgan fingerprint density at radius 2 is 2.25 bits per heavy atom. The van der Waals surface area contributed by atoms with Gasteiger partial charge in [0, 0.05) is 11.4 Å². The average Bonchev–Trinajstić information content (AvgIpc) is 3.16. The summed E-state index contributed by atoms with van der Waals surface area (Å²) in [5.41, 5.74) is 0. The molecule has 0 spiro atoms. The largest absolute Gasteiger partial charge is 0.477 e. The van der Waals surface area contributed by atoms with Crippen LogP contribution in [0.5, 0.6) is 5.88 Å². The van der Waals surface area contributed by atoms with Gasteiger partial charge in [0.25, 0.3) is 0 Å². The molecule has 0 radical (unpaired) electrons. The molecule has 0 saturated heterocycles. The molecule has 1 aliphatic carbocycles. The van der Waals surface area contributed by atoms with Gasteiger partial charge in [-0.25, -0.2) is 4.98 Å². The van der Waals surface area contributed by atoms with Crippen LogP contribution in [0, 0.1) is 12.8 Å². The molecule has 20 heavy (non-hydrogen) atoms. The van der Waals surface area contributed by atoms with E-state index >= 15 is 0 Å². The first-order valence-corrected chi connectivity index (χ1v) is 8.22. The van der Waals surface area contributed by atoms with E-state index in [-0.39, 0.29) is 0 Å². The van der Waals surface area contributed by atoms with Crippen LogP contribution in [0.1, 0.15) is 37.5 Å². The molecule has 0 amide bonds. The number of nitrogens with zero attached hydrogens (tertiary/aromatic N) is 2. The lowest BCUT2D eigenvalue weighted by Crippen LogP contribution is -2.06. The van der Waals surface area contributed by atoms with Gasteiger partial charge in [0.1, 0.15) is 4.83 Å². The van der Waals surface area contributed by atoms with Gasteiger partial charge in [0.2, 0.25) is 11.8 Å². The molecular weight excluding hydrogens is 270 g/mol. The van der Waals surface area contributed by atoms with Crippen molar-refractivity contribution in [1.82, 2.24) is 9.97 Å². The second-order valence-corrected chi connectivity index (χ2v) is 6.67. The lowest BCUT2D eigenvalue weighted by molar-refractivity contribution is 0.295. The maximum Gasteiger partial charge on any atom is 0.227 e. The van der Waals surface area contributed by atoms with Crippen molar-refractivity contribution in [1.29, 1.82) is 0 Å². The molecule has 1 aliphatic rings. The molecule has 2 heterocycles. The molecule has 0 unspecified atom stereocenters. The fraction of sp³-hybridized carbons (Fsp3) is 0.600. The molecule has 1 fully saturated rings. The highest BCUT2D eigenvalue weighted by Crippen LogP contribution is 2.34. The second-order valence-electron chi connectivity index (χ2n) is 5.44. The SMILES string of the molecule is CCCNc1nc(OCCC2CC2)c2cc(C)sc2n1. The molecule has 108 valence electrons. The fourth-order valence-electron chi connectivity index (χ4n) is 2.17. The standard InChI is InChI=1S/C15H21N3OS/c1-3-7-16-15-17-13(19-8-6-11-4-5-11)12-9-10(2)20-14(12)18-15/h9,11H,3-8H2,1-2H3,(H,16,17,18). The van der Waals surface area contributed by atoms with Gasteiger partial charge < -0.3 is 10.1 Å². The predicted molar refractivity (Wildman–Crippen MR) is 83.8 cm³/mol. The smallest absolute Gasteiger partial charge is 0.227 e. The summed E-state index contributed by atoms with van der Waals surface area (Å²) in [6.07, 6.45) is 4.93. The van der Waals surface area contributed by atoms with Crippen LogP contribution in [0.2, 0.25) is 0 Å². The number of hydrogen-bond donors (Lipinski definition) is 1. The zero-order valence-corrected chi connectivity index (χ0v) is 12.9. The first kappa shape index (κ1) is 13.6. The number of rotatable bonds is 7. The summed E-state index contributed by atoms with van der Waals surface area (Å²) in [6.45, 7) is 5.88. The molecule has 0 atom stereocenters. The normalized spacial score (nSPS) is 14.7. The molecule has 1 saturated carbocycles. The third-order valence-electron chi connectivity index (χ3n) is 3.48. The summed E-state index contributed by atoms with van der Waals surface area (Å²) >= 11 is 1.69. The van der Waals surface area contributed by atoms with Gasteiger partial charge in [-0.3, -0.25) is 0 Å². The number of aryl methyl sites for hydroxylation is 1. The van der Waals surface area contributed by atoms with Crippen molar-refractivity contribution in [3.05, 3.63) is 10.9 Å². The predicted octanol–water partition coefficient (Wildman–Crippen LogP) is 4.00. The molecule has 2 aromatic rings. The van der Waals surface area contributed by atoms with Crippen molar-refractivity contribution in [3.63, 3.8) is 0 Å². The molecule has 3 rings (SSSR count). The van der Waals surface area contributed by atoms with E-state index in [1.165, 1.54) is 17.7 Å².